The van der Waals surface area contributed by atoms with Gasteiger partial charge in [-0.1, -0.05) is 33.1 Å². The predicted octanol–water partition coefficient (Wildman–Crippen LogP) is 2.30. The molecule has 1 rings (SSSR count). The van der Waals surface area contributed by atoms with Gasteiger partial charge in [-0.05, 0) is 23.8 Å². The molecular weight excluding hydrogens is 349 g/mol. The monoisotopic (exact) mass is 378 g/mol. The maximum absolute atomic E-state index is 11.6. The number of hydrogen-bond donors (Lipinski definition) is 3. The first kappa shape index (κ1) is 21.8. The topological polar surface area (TPSA) is 122 Å². The standard InChI is InChI=1S/C16H28NO7P/c1-11(2)15(19)23-10-24-16(20)17-9-8-13(18)14(25(21)22)12-6-4-3-5-7-12/h11-14,18H,3-10H2,1-2H3,(H-,17,20,21,22)/p+1/t13-,14-/m0/s1. The Morgan fingerprint density at radius 1 is 1.20 bits per heavy atom. The Bertz CT molecular complexity index is 452. The van der Waals surface area contributed by atoms with Gasteiger partial charge in [-0.2, -0.15) is 4.89 Å². The minimum atomic E-state index is -2.48. The number of esters is 1. The molecule has 1 fully saturated rings. The Kier molecular flexibility index (Phi) is 9.93. The van der Waals surface area contributed by atoms with E-state index in [0.29, 0.717) is 0 Å². The van der Waals surface area contributed by atoms with E-state index in [1.165, 1.54) is 0 Å². The third kappa shape index (κ3) is 8.12. The zero-order valence-electron chi connectivity index (χ0n) is 14.8. The molecule has 25 heavy (non-hydrogen) atoms. The molecule has 1 saturated carbocycles. The van der Waals surface area contributed by atoms with Crippen LogP contribution in [0, 0.1) is 11.8 Å². The van der Waals surface area contributed by atoms with Gasteiger partial charge in [0.25, 0.3) is 0 Å². The second kappa shape index (κ2) is 11.4. The minimum absolute atomic E-state index is 0.0414. The van der Waals surface area contributed by atoms with Crippen molar-refractivity contribution in [3.63, 3.8) is 0 Å². The summed E-state index contributed by atoms with van der Waals surface area (Å²) >= 11 is 0. The number of aliphatic hydroxyl groups excluding tert-OH is 1. The molecule has 0 aliphatic heterocycles. The van der Waals surface area contributed by atoms with E-state index >= 15 is 0 Å². The molecule has 1 unspecified atom stereocenters. The highest BCUT2D eigenvalue weighted by atomic mass is 31.1. The van der Waals surface area contributed by atoms with E-state index in [1.807, 2.05) is 0 Å². The average Bonchev–Trinajstić information content (AvgIpc) is 2.55. The van der Waals surface area contributed by atoms with Gasteiger partial charge in [0, 0.05) is 12.5 Å². The van der Waals surface area contributed by atoms with Crippen molar-refractivity contribution < 1.29 is 33.6 Å². The smallest absolute Gasteiger partial charge is 0.428 e. The lowest BCUT2D eigenvalue weighted by molar-refractivity contribution is -0.155. The summed E-state index contributed by atoms with van der Waals surface area (Å²) in [6, 6.07) is 0. The second-order valence-corrected chi connectivity index (χ2v) is 7.84. The third-order valence-electron chi connectivity index (χ3n) is 4.35. The summed E-state index contributed by atoms with van der Waals surface area (Å²) < 4.78 is 21.0. The second-order valence-electron chi connectivity index (χ2n) is 6.64. The van der Waals surface area contributed by atoms with Crippen molar-refractivity contribution in [3.05, 3.63) is 0 Å². The van der Waals surface area contributed by atoms with Crippen molar-refractivity contribution in [2.24, 2.45) is 11.8 Å². The van der Waals surface area contributed by atoms with Gasteiger partial charge in [-0.15, -0.1) is 0 Å². The van der Waals surface area contributed by atoms with E-state index in [2.05, 4.69) is 10.1 Å². The number of rotatable bonds is 9. The number of amides is 1. The minimum Gasteiger partial charge on any atom is -0.428 e. The molecule has 3 N–H and O–H groups in total. The van der Waals surface area contributed by atoms with Gasteiger partial charge in [-0.25, -0.2) is 4.79 Å². The van der Waals surface area contributed by atoms with Gasteiger partial charge in [0.2, 0.25) is 12.5 Å². The summed E-state index contributed by atoms with van der Waals surface area (Å²) in [5.41, 5.74) is -0.667. The molecule has 0 aromatic rings. The van der Waals surface area contributed by atoms with Crippen LogP contribution in [0.5, 0.6) is 0 Å². The van der Waals surface area contributed by atoms with Crippen LogP contribution in [0.15, 0.2) is 0 Å². The summed E-state index contributed by atoms with van der Waals surface area (Å²) in [4.78, 5) is 32.2. The van der Waals surface area contributed by atoms with Crippen molar-refractivity contribution in [1.29, 1.82) is 0 Å². The van der Waals surface area contributed by atoms with Crippen LogP contribution in [0.1, 0.15) is 52.4 Å². The van der Waals surface area contributed by atoms with Crippen molar-refractivity contribution >= 4 is 20.1 Å². The lowest BCUT2D eigenvalue weighted by atomic mass is 9.84. The number of aliphatic hydroxyl groups is 1. The van der Waals surface area contributed by atoms with E-state index in [4.69, 9.17) is 4.74 Å². The first-order valence-electron chi connectivity index (χ1n) is 8.73. The number of ether oxygens (including phenoxy) is 2. The molecule has 3 atom stereocenters. The first-order chi connectivity index (χ1) is 11.8. The van der Waals surface area contributed by atoms with Gasteiger partial charge in [0.15, 0.2) is 0 Å². The summed E-state index contributed by atoms with van der Waals surface area (Å²) in [5.74, 6) is -0.732. The first-order valence-corrected chi connectivity index (χ1v) is 10.0. The number of carbonyl (C=O) groups is 2. The summed E-state index contributed by atoms with van der Waals surface area (Å²) in [6.45, 7) is 2.96. The zero-order chi connectivity index (χ0) is 18.8. The maximum atomic E-state index is 11.6. The van der Waals surface area contributed by atoms with Crippen LogP contribution in [-0.2, 0) is 18.8 Å². The molecule has 0 radical (unpaired) electrons. The van der Waals surface area contributed by atoms with Gasteiger partial charge in [0.1, 0.15) is 6.10 Å². The molecule has 8 nitrogen and oxygen atoms in total. The number of nitrogens with one attached hydrogen (secondary N) is 1. The molecule has 144 valence electrons. The molecule has 0 aromatic carbocycles. The van der Waals surface area contributed by atoms with E-state index in [-0.39, 0.29) is 24.8 Å². The molecular formula is C16H29NO7P+. The van der Waals surface area contributed by atoms with E-state index in [1.54, 1.807) is 13.8 Å². The third-order valence-corrected chi connectivity index (χ3v) is 5.63. The fraction of sp³-hybridized carbons (Fsp3) is 0.875. The van der Waals surface area contributed by atoms with Crippen molar-refractivity contribution in [3.8, 4) is 0 Å². The summed E-state index contributed by atoms with van der Waals surface area (Å²) in [5, 5.41) is 12.7. The van der Waals surface area contributed by atoms with Crippen molar-refractivity contribution in [1.82, 2.24) is 5.32 Å². The number of carbonyl (C=O) groups excluding carboxylic acids is 2. The Balaban J connectivity index is 2.29. The molecule has 0 heterocycles. The summed E-state index contributed by atoms with van der Waals surface area (Å²) in [6.07, 6.45) is 3.26. The molecule has 0 aromatic heterocycles. The normalized spacial score (nSPS) is 18.4. The van der Waals surface area contributed by atoms with Gasteiger partial charge >= 0.3 is 20.1 Å². The molecule has 0 bridgehead atoms. The Morgan fingerprint density at radius 3 is 2.40 bits per heavy atom. The predicted molar refractivity (Wildman–Crippen MR) is 91.1 cm³/mol. The quantitative estimate of drug-likeness (QED) is 0.320. The van der Waals surface area contributed by atoms with E-state index in [0.717, 1.165) is 32.1 Å². The van der Waals surface area contributed by atoms with Gasteiger partial charge in [-0.3, -0.25) is 4.79 Å². The van der Waals surface area contributed by atoms with Crippen molar-refractivity contribution in [2.75, 3.05) is 13.3 Å². The van der Waals surface area contributed by atoms with Crippen LogP contribution in [0.3, 0.4) is 0 Å². The fourth-order valence-corrected chi connectivity index (χ4v) is 4.07. The van der Waals surface area contributed by atoms with Crippen LogP contribution in [0.2, 0.25) is 0 Å². The van der Waals surface area contributed by atoms with E-state index in [9.17, 15) is 24.2 Å². The maximum Gasteiger partial charge on any atom is 0.511 e. The van der Waals surface area contributed by atoms with Gasteiger partial charge < -0.3 is 19.9 Å². The number of alkyl carbamates (subject to hydrolysis) is 1. The average molecular weight is 378 g/mol. The highest BCUT2D eigenvalue weighted by Gasteiger charge is 2.43. The summed E-state index contributed by atoms with van der Waals surface area (Å²) in [7, 11) is -2.48. The lowest BCUT2D eigenvalue weighted by Gasteiger charge is -2.25. The molecule has 0 spiro atoms. The zero-order valence-corrected chi connectivity index (χ0v) is 15.7. The molecule has 1 aliphatic rings. The Morgan fingerprint density at radius 2 is 1.84 bits per heavy atom. The van der Waals surface area contributed by atoms with E-state index < -0.39 is 38.6 Å². The van der Waals surface area contributed by atoms with Crippen molar-refractivity contribution in [2.45, 2.75) is 64.1 Å². The highest BCUT2D eigenvalue weighted by molar-refractivity contribution is 7.39. The number of hydrogen-bond acceptors (Lipinski definition) is 6. The van der Waals surface area contributed by atoms with Crippen LogP contribution >= 0.6 is 8.03 Å². The largest absolute Gasteiger partial charge is 0.511 e. The van der Waals surface area contributed by atoms with Crippen LogP contribution < -0.4 is 5.32 Å². The van der Waals surface area contributed by atoms with Crippen LogP contribution in [0.4, 0.5) is 4.79 Å². The lowest BCUT2D eigenvalue weighted by Crippen LogP contribution is -2.36. The Labute approximate surface area is 149 Å². The van der Waals surface area contributed by atoms with Crippen LogP contribution in [0.25, 0.3) is 0 Å². The molecule has 1 aliphatic carbocycles. The van der Waals surface area contributed by atoms with Gasteiger partial charge in [0.05, 0.1) is 5.92 Å². The highest BCUT2D eigenvalue weighted by Crippen LogP contribution is 2.40. The molecule has 9 heteroatoms. The SMILES string of the molecule is CC(C)C(=O)OCOC(=O)NCC[C@H](O)[C@H](C1CCCCC1)[P+](=O)O. The Hall–Kier alpha value is -1.24. The van der Waals surface area contributed by atoms with Crippen LogP contribution in [-0.4, -0.2) is 47.2 Å². The molecule has 1 amide bonds. The molecule has 0 saturated heterocycles. The fourth-order valence-electron chi connectivity index (χ4n) is 2.97.